The summed E-state index contributed by atoms with van der Waals surface area (Å²) in [7, 11) is 5.73. The van der Waals surface area contributed by atoms with E-state index >= 15 is 0 Å². The molecule has 0 aromatic carbocycles. The van der Waals surface area contributed by atoms with Crippen molar-refractivity contribution in [1.29, 1.82) is 0 Å². The van der Waals surface area contributed by atoms with Crippen LogP contribution in [0.3, 0.4) is 0 Å². The van der Waals surface area contributed by atoms with Gasteiger partial charge >= 0.3 is 0 Å². The van der Waals surface area contributed by atoms with E-state index in [1.54, 1.807) is 18.4 Å². The van der Waals surface area contributed by atoms with Crippen molar-refractivity contribution < 1.29 is 4.74 Å². The maximum Gasteiger partial charge on any atom is 0.213 e. The van der Waals surface area contributed by atoms with E-state index in [0.29, 0.717) is 25.6 Å². The zero-order valence-corrected chi connectivity index (χ0v) is 18.8. The Bertz CT molecular complexity index is 674. The lowest BCUT2D eigenvalue weighted by Crippen LogP contribution is -2.36. The summed E-state index contributed by atoms with van der Waals surface area (Å²) in [5, 5.41) is 9.59. The molecule has 2 heterocycles. The Morgan fingerprint density at radius 2 is 2.04 bits per heavy atom. The van der Waals surface area contributed by atoms with Gasteiger partial charge in [-0.25, -0.2) is 9.97 Å². The molecule has 0 saturated heterocycles. The lowest BCUT2D eigenvalue weighted by Gasteiger charge is -2.11. The number of hydrogen-bond acceptors (Lipinski definition) is 6. The van der Waals surface area contributed by atoms with E-state index in [0.717, 1.165) is 28.8 Å². The molecule has 0 bridgehead atoms. The minimum atomic E-state index is 0. The molecule has 2 aromatic heterocycles. The second-order valence-corrected chi connectivity index (χ2v) is 6.48. The van der Waals surface area contributed by atoms with Crippen molar-refractivity contribution in [1.82, 2.24) is 20.6 Å². The Hall–Kier alpha value is -1.62. The number of rotatable bonds is 8. The Balaban J connectivity index is 0.00000338. The van der Waals surface area contributed by atoms with Crippen molar-refractivity contribution in [3.63, 3.8) is 0 Å². The van der Waals surface area contributed by atoms with Crippen LogP contribution in [0.4, 0.5) is 5.13 Å². The van der Waals surface area contributed by atoms with Crippen LogP contribution in [-0.4, -0.2) is 43.7 Å². The Morgan fingerprint density at radius 1 is 1.27 bits per heavy atom. The van der Waals surface area contributed by atoms with Crippen LogP contribution in [0.2, 0.25) is 0 Å². The third-order valence-corrected chi connectivity index (χ3v) is 4.35. The number of thiazole rings is 1. The van der Waals surface area contributed by atoms with Gasteiger partial charge in [0.05, 0.1) is 18.8 Å². The summed E-state index contributed by atoms with van der Waals surface area (Å²) in [5.41, 5.74) is 2.06. The maximum absolute atomic E-state index is 5.49. The van der Waals surface area contributed by atoms with Gasteiger partial charge < -0.3 is 20.3 Å². The predicted molar refractivity (Wildman–Crippen MR) is 119 cm³/mol. The van der Waals surface area contributed by atoms with Gasteiger partial charge in [0.1, 0.15) is 0 Å². The van der Waals surface area contributed by atoms with E-state index < -0.39 is 0 Å². The van der Waals surface area contributed by atoms with Gasteiger partial charge in [-0.1, -0.05) is 13.0 Å². The smallest absolute Gasteiger partial charge is 0.213 e. The fourth-order valence-electron chi connectivity index (χ4n) is 1.97. The normalized spacial score (nSPS) is 10.8. The van der Waals surface area contributed by atoms with Gasteiger partial charge in [-0.2, -0.15) is 0 Å². The standard InChI is InChI=1S/C17H26N6OS.HI/c1-5-8-24-15-7-6-13(9-19-15)10-20-16(18-2)21-11-14-12-25-17(22-14)23(3)4;/h6-7,9,12H,5,8,10-11H2,1-4H3,(H2,18,20,21);1H. The number of hydrogen-bond donors (Lipinski definition) is 2. The van der Waals surface area contributed by atoms with Crippen molar-refractivity contribution in [3.8, 4) is 5.88 Å². The SMILES string of the molecule is CCCOc1ccc(CNC(=NC)NCc2csc(N(C)C)n2)cn1.I. The second-order valence-electron chi connectivity index (χ2n) is 5.65. The first-order chi connectivity index (χ1) is 12.1. The predicted octanol–water partition coefficient (Wildman–Crippen LogP) is 2.88. The van der Waals surface area contributed by atoms with Gasteiger partial charge in [0.15, 0.2) is 11.1 Å². The molecular weight excluding hydrogens is 463 g/mol. The first kappa shape index (κ1) is 22.4. The zero-order chi connectivity index (χ0) is 18.1. The molecule has 0 spiro atoms. The summed E-state index contributed by atoms with van der Waals surface area (Å²) >= 11 is 1.63. The molecule has 0 aliphatic rings. The molecule has 2 rings (SSSR count). The van der Waals surface area contributed by atoms with Crippen molar-refractivity contribution in [2.75, 3.05) is 32.6 Å². The van der Waals surface area contributed by atoms with Gasteiger partial charge in [0, 0.05) is 45.3 Å². The highest BCUT2D eigenvalue weighted by Gasteiger charge is 2.05. The average molecular weight is 490 g/mol. The molecule has 26 heavy (non-hydrogen) atoms. The number of halogens is 1. The Morgan fingerprint density at radius 3 is 2.62 bits per heavy atom. The summed E-state index contributed by atoms with van der Waals surface area (Å²) in [4.78, 5) is 15.1. The number of nitrogens with zero attached hydrogens (tertiary/aromatic N) is 4. The molecule has 0 saturated carbocycles. The number of pyridine rings is 1. The number of guanidine groups is 1. The van der Waals surface area contributed by atoms with Crippen molar-refractivity contribution >= 4 is 46.4 Å². The Labute approximate surface area is 176 Å². The molecular formula is C17H27IN6OS. The maximum atomic E-state index is 5.49. The summed E-state index contributed by atoms with van der Waals surface area (Å²) in [6, 6.07) is 3.89. The second kappa shape index (κ2) is 11.9. The zero-order valence-electron chi connectivity index (χ0n) is 15.7. The van der Waals surface area contributed by atoms with Crippen LogP contribution in [0, 0.1) is 0 Å². The monoisotopic (exact) mass is 490 g/mol. The number of aliphatic imine (C=N–C) groups is 1. The first-order valence-corrected chi connectivity index (χ1v) is 9.14. The van der Waals surface area contributed by atoms with Gasteiger partial charge in [-0.15, -0.1) is 35.3 Å². The first-order valence-electron chi connectivity index (χ1n) is 8.26. The van der Waals surface area contributed by atoms with Crippen LogP contribution in [-0.2, 0) is 13.1 Å². The number of anilines is 1. The molecule has 2 aromatic rings. The van der Waals surface area contributed by atoms with E-state index in [9.17, 15) is 0 Å². The fraction of sp³-hybridized carbons (Fsp3) is 0.471. The molecule has 7 nitrogen and oxygen atoms in total. The lowest BCUT2D eigenvalue weighted by molar-refractivity contribution is 0.305. The summed E-state index contributed by atoms with van der Waals surface area (Å²) < 4.78 is 5.49. The quantitative estimate of drug-likeness (QED) is 0.337. The highest BCUT2D eigenvalue weighted by atomic mass is 127. The van der Waals surface area contributed by atoms with Gasteiger partial charge in [0.2, 0.25) is 5.88 Å². The highest BCUT2D eigenvalue weighted by Crippen LogP contribution is 2.17. The van der Waals surface area contributed by atoms with Crippen LogP contribution in [0.1, 0.15) is 24.6 Å². The van der Waals surface area contributed by atoms with Crippen LogP contribution < -0.4 is 20.3 Å². The highest BCUT2D eigenvalue weighted by molar-refractivity contribution is 14.0. The molecule has 0 aliphatic carbocycles. The summed E-state index contributed by atoms with van der Waals surface area (Å²) in [5.74, 6) is 1.39. The molecule has 0 atom stereocenters. The lowest BCUT2D eigenvalue weighted by atomic mass is 10.3. The van der Waals surface area contributed by atoms with Crippen LogP contribution in [0.15, 0.2) is 28.7 Å². The third-order valence-electron chi connectivity index (χ3n) is 3.29. The van der Waals surface area contributed by atoms with Crippen molar-refractivity contribution in [2.24, 2.45) is 4.99 Å². The third kappa shape index (κ3) is 7.32. The molecule has 0 aliphatic heterocycles. The van der Waals surface area contributed by atoms with Crippen molar-refractivity contribution in [2.45, 2.75) is 26.4 Å². The van der Waals surface area contributed by atoms with Crippen molar-refractivity contribution in [3.05, 3.63) is 35.0 Å². The molecule has 0 amide bonds. The molecule has 0 unspecified atom stereocenters. The minimum Gasteiger partial charge on any atom is -0.478 e. The van der Waals surface area contributed by atoms with Gasteiger partial charge in [0.25, 0.3) is 0 Å². The number of ether oxygens (including phenoxy) is 1. The fourth-order valence-corrected chi connectivity index (χ4v) is 2.73. The van der Waals surface area contributed by atoms with E-state index in [-0.39, 0.29) is 24.0 Å². The van der Waals surface area contributed by atoms with E-state index in [2.05, 4.69) is 37.9 Å². The van der Waals surface area contributed by atoms with Crippen LogP contribution in [0.5, 0.6) is 5.88 Å². The Kier molecular flexibility index (Phi) is 10.3. The number of aromatic nitrogens is 2. The molecule has 144 valence electrons. The van der Waals surface area contributed by atoms with Crippen LogP contribution in [0.25, 0.3) is 0 Å². The van der Waals surface area contributed by atoms with Gasteiger partial charge in [-0.3, -0.25) is 4.99 Å². The molecule has 2 N–H and O–H groups in total. The van der Waals surface area contributed by atoms with E-state index in [4.69, 9.17) is 4.74 Å². The average Bonchev–Trinajstić information content (AvgIpc) is 3.10. The molecule has 9 heteroatoms. The molecule has 0 fully saturated rings. The summed E-state index contributed by atoms with van der Waals surface area (Å²) in [6.45, 7) is 4.03. The largest absolute Gasteiger partial charge is 0.478 e. The number of nitrogens with one attached hydrogen (secondary N) is 2. The topological polar surface area (TPSA) is 74.7 Å². The van der Waals surface area contributed by atoms with Gasteiger partial charge in [-0.05, 0) is 12.0 Å². The minimum absolute atomic E-state index is 0. The van der Waals surface area contributed by atoms with E-state index in [1.165, 1.54) is 0 Å². The van der Waals surface area contributed by atoms with Crippen LogP contribution >= 0.6 is 35.3 Å². The summed E-state index contributed by atoms with van der Waals surface area (Å²) in [6.07, 6.45) is 2.79. The molecule has 0 radical (unpaired) electrons. The van der Waals surface area contributed by atoms with E-state index in [1.807, 2.05) is 37.3 Å².